The van der Waals surface area contributed by atoms with Gasteiger partial charge in [0.15, 0.2) is 0 Å². The van der Waals surface area contributed by atoms with Gasteiger partial charge in [-0.15, -0.1) is 0 Å². The van der Waals surface area contributed by atoms with Gasteiger partial charge in [0, 0.05) is 0 Å². The van der Waals surface area contributed by atoms with Crippen molar-refractivity contribution in [1.29, 1.82) is 0 Å². The maximum absolute atomic E-state index is 3.25. The molecule has 0 N–H and O–H groups in total. The average molecular weight is 876 g/mol. The van der Waals surface area contributed by atoms with Crippen LogP contribution in [0, 0.1) is 41.5 Å². The maximum Gasteiger partial charge on any atom is -1.00 e. The topological polar surface area (TPSA) is 19.4 Å². The molecule has 6 nitrogen and oxygen atoms in total. The molecule has 11 heteroatoms. The van der Waals surface area contributed by atoms with Gasteiger partial charge in [0.25, 0.3) is 0 Å². The van der Waals surface area contributed by atoms with Crippen molar-refractivity contribution < 1.29 is 57.7 Å². The molecule has 0 bridgehead atoms. The van der Waals surface area contributed by atoms with Gasteiger partial charge in [-0.05, 0) is 0 Å². The van der Waals surface area contributed by atoms with E-state index in [-0.39, 0.29) is 40.6 Å². The summed E-state index contributed by atoms with van der Waals surface area (Å²) in [6.45, 7) is 24.2. The minimum Gasteiger partial charge on any atom is -1.00 e. The molecule has 0 radical (unpaired) electrons. The molecule has 4 rings (SSSR count). The molecular formula is C45H69Cl3N6SiTi. The molecule has 0 amide bonds. The Labute approximate surface area is 373 Å². The Morgan fingerprint density at radius 2 is 0.607 bits per heavy atom. The van der Waals surface area contributed by atoms with E-state index in [4.69, 9.17) is 0 Å². The van der Waals surface area contributed by atoms with Gasteiger partial charge in [0.05, 0.1) is 0 Å². The van der Waals surface area contributed by atoms with E-state index in [1.54, 1.807) is 0 Å². The van der Waals surface area contributed by atoms with Crippen LogP contribution in [0.5, 0.6) is 0 Å². The van der Waals surface area contributed by atoms with E-state index < -0.39 is 8.07 Å². The fourth-order valence-corrected chi connectivity index (χ4v) is 20.0. The first kappa shape index (κ1) is 51.8. The average Bonchev–Trinajstić information content (AvgIpc) is 3.18. The fourth-order valence-electron chi connectivity index (χ4n) is 10.2. The van der Waals surface area contributed by atoms with Crippen molar-refractivity contribution in [2.24, 2.45) is 0 Å². The number of benzene rings is 3. The SMILES string of the molecule is CC1=C(C)[C]([Ti+3])([Si](c2c(C)cc(N(C)C)c(N(C)C)c2C)(c2c(C)cc(N(C)C)c(N(C)C)c2C)c2c(C)cc(N(C)C)c(N(C)C)c2C)C(C)=C1C.[Cl-].[Cl-].[Cl-]. The van der Waals surface area contributed by atoms with Crippen molar-refractivity contribution in [2.45, 2.75) is 72.6 Å². The number of hydrogen-bond acceptors (Lipinski definition) is 6. The molecule has 0 fully saturated rings. The van der Waals surface area contributed by atoms with Crippen LogP contribution in [0.25, 0.3) is 0 Å². The first-order valence-corrected chi connectivity index (χ1v) is 21.7. The van der Waals surface area contributed by atoms with Crippen molar-refractivity contribution in [2.75, 3.05) is 114 Å². The van der Waals surface area contributed by atoms with Crippen molar-refractivity contribution >= 4 is 57.8 Å². The first-order chi connectivity index (χ1) is 24.3. The molecule has 308 valence electrons. The zero-order chi connectivity index (χ0) is 40.6. The smallest absolute Gasteiger partial charge is 1.00 e. The van der Waals surface area contributed by atoms with Gasteiger partial charge in [0.2, 0.25) is 0 Å². The number of hydrogen-bond donors (Lipinski definition) is 0. The van der Waals surface area contributed by atoms with E-state index in [1.807, 2.05) is 0 Å². The molecule has 3 aromatic carbocycles. The molecule has 0 atom stereocenters. The van der Waals surface area contributed by atoms with Crippen LogP contribution in [0.15, 0.2) is 40.5 Å². The zero-order valence-corrected chi connectivity index (χ0v) is 43.4. The van der Waals surface area contributed by atoms with Crippen molar-refractivity contribution in [1.82, 2.24) is 0 Å². The summed E-state index contributed by atoms with van der Waals surface area (Å²) in [5.41, 5.74) is 21.8. The van der Waals surface area contributed by atoms with Crippen molar-refractivity contribution in [3.8, 4) is 0 Å². The largest absolute Gasteiger partial charge is 1.00 e. The summed E-state index contributed by atoms with van der Waals surface area (Å²) in [6.07, 6.45) is 0. The Morgan fingerprint density at radius 3 is 0.786 bits per heavy atom. The van der Waals surface area contributed by atoms with Crippen LogP contribution in [-0.4, -0.2) is 92.6 Å². The molecule has 1 aliphatic carbocycles. The fraction of sp³-hybridized carbons (Fsp3) is 0.511. The second-order valence-electron chi connectivity index (χ2n) is 17.1. The summed E-state index contributed by atoms with van der Waals surface area (Å²) in [5, 5.41) is 4.62. The summed E-state index contributed by atoms with van der Waals surface area (Å²) in [5.74, 6) is 0. The number of anilines is 6. The van der Waals surface area contributed by atoms with Crippen LogP contribution >= 0.6 is 0 Å². The van der Waals surface area contributed by atoms with Crippen molar-refractivity contribution in [3.63, 3.8) is 0 Å². The van der Waals surface area contributed by atoms with E-state index in [0.717, 1.165) is 0 Å². The Balaban J connectivity index is 0.00000523. The molecule has 0 heterocycles. The predicted molar refractivity (Wildman–Crippen MR) is 238 cm³/mol. The van der Waals surface area contributed by atoms with E-state index >= 15 is 0 Å². The standard InChI is InChI=1S/C45H69N6Si.3ClH.Ti/c1-26-23-36(46(11)12)39(49(17)18)33(8)42(26)52(45-31(6)29(4)30(5)32(45)7,43-27(2)24-37(47(13)14)40(34(43)9)50(19)20)44-28(3)25-38(48(15)16)41(35(44)10)51(21)22;;;;/h23-25H,1-22H3;3*1H;/q;;;;+3/p-3. The van der Waals surface area contributed by atoms with Gasteiger partial charge < -0.3 is 37.2 Å². The molecule has 0 unspecified atom stereocenters. The van der Waals surface area contributed by atoms with Gasteiger partial charge in [-0.2, -0.15) is 0 Å². The monoisotopic (exact) mass is 874 g/mol. The zero-order valence-electron chi connectivity index (χ0n) is 38.5. The number of rotatable bonds is 10. The molecule has 0 aromatic heterocycles. The third-order valence-electron chi connectivity index (χ3n) is 12.4. The number of allylic oxidation sites excluding steroid dienone is 4. The molecule has 0 saturated carbocycles. The summed E-state index contributed by atoms with van der Waals surface area (Å²) in [7, 11) is 23.2. The summed E-state index contributed by atoms with van der Waals surface area (Å²) in [4.78, 5) is 13.9. The molecule has 1 aliphatic rings. The number of nitrogens with zero attached hydrogens (tertiary/aromatic N) is 6. The van der Waals surface area contributed by atoms with Crippen LogP contribution in [0.3, 0.4) is 0 Å². The Bertz CT molecular complexity index is 1820. The minimum atomic E-state index is -3.25. The summed E-state index contributed by atoms with van der Waals surface area (Å²) < 4.78 is -0.280. The number of halogens is 3. The molecule has 0 spiro atoms. The third-order valence-corrected chi connectivity index (χ3v) is 21.8. The van der Waals surface area contributed by atoms with Gasteiger partial charge in [-0.25, -0.2) is 0 Å². The molecule has 0 aliphatic heterocycles. The van der Waals surface area contributed by atoms with Gasteiger partial charge in [0.1, 0.15) is 0 Å². The van der Waals surface area contributed by atoms with Crippen LogP contribution in [-0.2, 0) is 20.4 Å². The van der Waals surface area contributed by atoms with Crippen LogP contribution in [0.4, 0.5) is 34.1 Å². The van der Waals surface area contributed by atoms with E-state index in [2.05, 4.69) is 222 Å². The van der Waals surface area contributed by atoms with Crippen LogP contribution in [0.1, 0.15) is 61.1 Å². The predicted octanol–water partition coefficient (Wildman–Crippen LogP) is -1.65. The normalized spacial score (nSPS) is 13.6. The van der Waals surface area contributed by atoms with Gasteiger partial charge in [-0.3, -0.25) is 0 Å². The minimum absolute atomic E-state index is 0. The third kappa shape index (κ3) is 7.56. The molecule has 3 aromatic rings. The molecule has 56 heavy (non-hydrogen) atoms. The Kier molecular flexibility index (Phi) is 17.0. The van der Waals surface area contributed by atoms with E-state index in [9.17, 15) is 0 Å². The Hall–Kier alpha value is -2.26. The second kappa shape index (κ2) is 18.3. The van der Waals surface area contributed by atoms with Crippen LogP contribution in [0.2, 0.25) is 3.34 Å². The van der Waals surface area contributed by atoms with Gasteiger partial charge >= 0.3 is 339 Å². The quantitative estimate of drug-likeness (QED) is 0.179. The molecule has 0 saturated heterocycles. The van der Waals surface area contributed by atoms with Crippen molar-refractivity contribution in [3.05, 3.63) is 73.9 Å². The molecular weight excluding hydrogens is 807 g/mol. The van der Waals surface area contributed by atoms with E-state index in [0.29, 0.717) is 0 Å². The first-order valence-electron chi connectivity index (χ1n) is 18.9. The Morgan fingerprint density at radius 1 is 0.393 bits per heavy atom. The maximum atomic E-state index is 2.64. The van der Waals surface area contributed by atoms with E-state index in [1.165, 1.54) is 105 Å². The summed E-state index contributed by atoms with van der Waals surface area (Å²) >= 11 is 2.64. The summed E-state index contributed by atoms with van der Waals surface area (Å²) in [6, 6.07) is 7.48. The van der Waals surface area contributed by atoms with Gasteiger partial charge in [-0.1, -0.05) is 0 Å². The van der Waals surface area contributed by atoms with Crippen LogP contribution < -0.4 is 82.2 Å². The number of aryl methyl sites for hydroxylation is 3. The second-order valence-corrected chi connectivity index (χ2v) is 22.8.